The average molecular weight is 242 g/mol. The molecule has 3 unspecified atom stereocenters. The Labute approximate surface area is 104 Å². The molecular weight excluding hydrogens is 216 g/mol. The third kappa shape index (κ3) is 3.65. The van der Waals surface area contributed by atoms with Crippen LogP contribution in [0.3, 0.4) is 0 Å². The zero-order valence-corrected chi connectivity index (χ0v) is 11.1. The summed E-state index contributed by atoms with van der Waals surface area (Å²) >= 11 is 0. The van der Waals surface area contributed by atoms with Crippen LogP contribution in [0.5, 0.6) is 0 Å². The molecule has 0 bridgehead atoms. The summed E-state index contributed by atoms with van der Waals surface area (Å²) < 4.78 is 11.7. The number of rotatable bonds is 4. The van der Waals surface area contributed by atoms with Crippen molar-refractivity contribution in [2.75, 3.05) is 26.3 Å². The molecule has 1 aliphatic carbocycles. The van der Waals surface area contributed by atoms with Crippen molar-refractivity contribution in [3.05, 3.63) is 0 Å². The van der Waals surface area contributed by atoms with E-state index >= 15 is 0 Å². The minimum Gasteiger partial charge on any atom is -0.374 e. The summed E-state index contributed by atoms with van der Waals surface area (Å²) in [4.78, 5) is 2.45. The van der Waals surface area contributed by atoms with Gasteiger partial charge in [0.15, 0.2) is 0 Å². The molecule has 2 aliphatic rings. The van der Waals surface area contributed by atoms with Crippen LogP contribution >= 0.6 is 0 Å². The minimum absolute atomic E-state index is 0.221. The molecule has 4 heteroatoms. The van der Waals surface area contributed by atoms with Gasteiger partial charge in [-0.25, -0.2) is 0 Å². The Morgan fingerprint density at radius 3 is 2.88 bits per heavy atom. The largest absolute Gasteiger partial charge is 0.374 e. The van der Waals surface area contributed by atoms with Crippen LogP contribution in [0.25, 0.3) is 0 Å². The highest BCUT2D eigenvalue weighted by atomic mass is 16.5. The second-order valence-corrected chi connectivity index (χ2v) is 5.55. The molecule has 2 N–H and O–H groups in total. The van der Waals surface area contributed by atoms with Gasteiger partial charge in [-0.1, -0.05) is 0 Å². The number of ether oxygens (including phenoxy) is 2. The van der Waals surface area contributed by atoms with Gasteiger partial charge in [0.2, 0.25) is 0 Å². The second kappa shape index (κ2) is 6.14. The lowest BCUT2D eigenvalue weighted by Gasteiger charge is -2.35. The molecule has 1 heterocycles. The van der Waals surface area contributed by atoms with Crippen molar-refractivity contribution >= 4 is 0 Å². The molecule has 3 atom stereocenters. The molecule has 2 rings (SSSR count). The second-order valence-electron chi connectivity index (χ2n) is 5.55. The molecule has 17 heavy (non-hydrogen) atoms. The molecule has 1 saturated carbocycles. The Balaban J connectivity index is 1.71. The minimum atomic E-state index is 0.221. The van der Waals surface area contributed by atoms with Crippen molar-refractivity contribution in [1.29, 1.82) is 0 Å². The first kappa shape index (κ1) is 13.3. The van der Waals surface area contributed by atoms with Crippen LogP contribution in [0, 0.1) is 0 Å². The summed E-state index contributed by atoms with van der Waals surface area (Å²) in [7, 11) is 0. The smallest absolute Gasteiger partial charge is 0.0935 e. The Morgan fingerprint density at radius 2 is 2.24 bits per heavy atom. The standard InChI is InChI=1S/C13H26N2O2/c1-10(2)15-6-7-16-11(8-15)9-17-13-5-3-4-12(13)14/h10-13H,3-9,14H2,1-2H3. The zero-order chi connectivity index (χ0) is 12.3. The fourth-order valence-electron chi connectivity index (χ4n) is 2.70. The van der Waals surface area contributed by atoms with Gasteiger partial charge in [0.25, 0.3) is 0 Å². The molecular formula is C13H26N2O2. The van der Waals surface area contributed by atoms with Crippen molar-refractivity contribution in [3.8, 4) is 0 Å². The average Bonchev–Trinajstić information content (AvgIpc) is 2.72. The van der Waals surface area contributed by atoms with Crippen LogP contribution in [-0.2, 0) is 9.47 Å². The Morgan fingerprint density at radius 1 is 1.41 bits per heavy atom. The third-order valence-corrected chi connectivity index (χ3v) is 3.90. The van der Waals surface area contributed by atoms with E-state index in [0.29, 0.717) is 12.6 Å². The maximum atomic E-state index is 5.99. The lowest BCUT2D eigenvalue weighted by molar-refractivity contribution is -0.0912. The number of nitrogens with zero attached hydrogens (tertiary/aromatic N) is 1. The third-order valence-electron chi connectivity index (χ3n) is 3.90. The molecule has 2 fully saturated rings. The molecule has 0 spiro atoms. The van der Waals surface area contributed by atoms with Crippen molar-refractivity contribution in [1.82, 2.24) is 4.90 Å². The fourth-order valence-corrected chi connectivity index (χ4v) is 2.70. The van der Waals surface area contributed by atoms with Crippen LogP contribution in [0.4, 0.5) is 0 Å². The predicted molar refractivity (Wildman–Crippen MR) is 68.0 cm³/mol. The van der Waals surface area contributed by atoms with Gasteiger partial charge in [0.05, 0.1) is 25.4 Å². The van der Waals surface area contributed by atoms with Gasteiger partial charge in [0, 0.05) is 25.2 Å². The van der Waals surface area contributed by atoms with Crippen molar-refractivity contribution in [2.45, 2.75) is 57.4 Å². The van der Waals surface area contributed by atoms with E-state index in [2.05, 4.69) is 18.7 Å². The monoisotopic (exact) mass is 242 g/mol. The molecule has 100 valence electrons. The first-order valence-corrected chi connectivity index (χ1v) is 6.89. The Bertz CT molecular complexity index is 235. The zero-order valence-electron chi connectivity index (χ0n) is 11.1. The molecule has 0 amide bonds. The van der Waals surface area contributed by atoms with Crippen molar-refractivity contribution in [2.24, 2.45) is 5.73 Å². The Hall–Kier alpha value is -0.160. The van der Waals surface area contributed by atoms with Crippen LogP contribution in [0.15, 0.2) is 0 Å². The summed E-state index contributed by atoms with van der Waals surface area (Å²) in [6, 6.07) is 0.829. The number of hydrogen-bond donors (Lipinski definition) is 1. The first-order chi connectivity index (χ1) is 8.16. The van der Waals surface area contributed by atoms with Gasteiger partial charge in [-0.2, -0.15) is 0 Å². The topological polar surface area (TPSA) is 47.7 Å². The van der Waals surface area contributed by atoms with Gasteiger partial charge < -0.3 is 15.2 Å². The molecule has 0 radical (unpaired) electrons. The maximum Gasteiger partial charge on any atom is 0.0935 e. The van der Waals surface area contributed by atoms with E-state index < -0.39 is 0 Å². The van der Waals surface area contributed by atoms with Crippen molar-refractivity contribution in [3.63, 3.8) is 0 Å². The van der Waals surface area contributed by atoms with Gasteiger partial charge in [-0.05, 0) is 33.1 Å². The van der Waals surface area contributed by atoms with Crippen LogP contribution in [0.2, 0.25) is 0 Å². The molecule has 0 aromatic heterocycles. The molecule has 1 aliphatic heterocycles. The highest BCUT2D eigenvalue weighted by Crippen LogP contribution is 2.21. The van der Waals surface area contributed by atoms with Gasteiger partial charge in [0.1, 0.15) is 0 Å². The van der Waals surface area contributed by atoms with Crippen LogP contribution in [-0.4, -0.2) is 55.5 Å². The van der Waals surface area contributed by atoms with E-state index in [9.17, 15) is 0 Å². The number of morpholine rings is 1. The maximum absolute atomic E-state index is 5.99. The summed E-state index contributed by atoms with van der Waals surface area (Å²) in [5.74, 6) is 0. The molecule has 1 saturated heterocycles. The van der Waals surface area contributed by atoms with Crippen LogP contribution in [0.1, 0.15) is 33.1 Å². The predicted octanol–water partition coefficient (Wildman–Crippen LogP) is 0.992. The van der Waals surface area contributed by atoms with Gasteiger partial charge in [-0.15, -0.1) is 0 Å². The van der Waals surface area contributed by atoms with E-state index in [1.807, 2.05) is 0 Å². The lowest BCUT2D eigenvalue weighted by Crippen LogP contribution is -2.48. The van der Waals surface area contributed by atoms with E-state index in [0.717, 1.165) is 32.5 Å². The van der Waals surface area contributed by atoms with E-state index in [-0.39, 0.29) is 18.2 Å². The normalized spacial score (nSPS) is 35.6. The van der Waals surface area contributed by atoms with Gasteiger partial charge >= 0.3 is 0 Å². The first-order valence-electron chi connectivity index (χ1n) is 6.89. The highest BCUT2D eigenvalue weighted by molar-refractivity contribution is 4.82. The summed E-state index contributed by atoms with van der Waals surface area (Å²) in [6.07, 6.45) is 3.90. The highest BCUT2D eigenvalue weighted by Gasteiger charge is 2.27. The SMILES string of the molecule is CC(C)N1CCOC(COC2CCCC2N)C1. The summed E-state index contributed by atoms with van der Waals surface area (Å²) in [5, 5.41) is 0. The summed E-state index contributed by atoms with van der Waals surface area (Å²) in [5.41, 5.74) is 5.99. The summed E-state index contributed by atoms with van der Waals surface area (Å²) in [6.45, 7) is 8.01. The van der Waals surface area contributed by atoms with E-state index in [1.165, 1.54) is 6.42 Å². The molecule has 0 aromatic carbocycles. The van der Waals surface area contributed by atoms with E-state index in [1.54, 1.807) is 0 Å². The number of nitrogens with two attached hydrogens (primary N) is 1. The van der Waals surface area contributed by atoms with E-state index in [4.69, 9.17) is 15.2 Å². The quantitative estimate of drug-likeness (QED) is 0.799. The number of hydrogen-bond acceptors (Lipinski definition) is 4. The lowest BCUT2D eigenvalue weighted by atomic mass is 10.2. The molecule has 0 aromatic rings. The fraction of sp³-hybridized carbons (Fsp3) is 1.00. The van der Waals surface area contributed by atoms with Gasteiger partial charge in [-0.3, -0.25) is 4.90 Å². The Kier molecular flexibility index (Phi) is 4.79. The van der Waals surface area contributed by atoms with Crippen molar-refractivity contribution < 1.29 is 9.47 Å². The van der Waals surface area contributed by atoms with Crippen LogP contribution < -0.4 is 5.73 Å². The molecule has 4 nitrogen and oxygen atoms in total.